The molecule has 0 aromatic rings. The number of likely N-dealkylation sites (N-methyl/N-ethyl adjacent to an activating group) is 1. The molecule has 4 heteroatoms. The van der Waals surface area contributed by atoms with Gasteiger partial charge in [0, 0.05) is 32.7 Å². The highest BCUT2D eigenvalue weighted by Gasteiger charge is 2.20. The van der Waals surface area contributed by atoms with E-state index in [1.165, 1.54) is 32.1 Å². The first kappa shape index (κ1) is 15.2. The normalized spacial score (nSPS) is 25.6. The van der Waals surface area contributed by atoms with Crippen molar-refractivity contribution in [1.29, 1.82) is 0 Å². The summed E-state index contributed by atoms with van der Waals surface area (Å²) in [6, 6.07) is 0. The fraction of sp³-hybridized carbons (Fsp3) is 1.00. The molecule has 2 aliphatic rings. The standard InChI is InChI=1S/C15H30N2O2/c1-2-16-8-10-17(11-9-16)12-14(18)13-19-15-6-4-3-5-7-15/h14-15,18H,2-13H2,1H3. The van der Waals surface area contributed by atoms with Crippen molar-refractivity contribution >= 4 is 0 Å². The minimum absolute atomic E-state index is 0.324. The van der Waals surface area contributed by atoms with Crippen molar-refractivity contribution in [2.24, 2.45) is 0 Å². The Morgan fingerprint density at radius 3 is 2.32 bits per heavy atom. The summed E-state index contributed by atoms with van der Waals surface area (Å²) in [5, 5.41) is 10.1. The molecule has 1 heterocycles. The minimum Gasteiger partial charge on any atom is -0.389 e. The van der Waals surface area contributed by atoms with E-state index in [1.54, 1.807) is 0 Å². The fourth-order valence-corrected chi connectivity index (χ4v) is 3.12. The third-order valence-corrected chi connectivity index (χ3v) is 4.46. The van der Waals surface area contributed by atoms with Crippen LogP contribution in [-0.2, 0) is 4.74 Å². The van der Waals surface area contributed by atoms with E-state index in [1.807, 2.05) is 0 Å². The Morgan fingerprint density at radius 2 is 1.68 bits per heavy atom. The van der Waals surface area contributed by atoms with Crippen LogP contribution in [0.15, 0.2) is 0 Å². The van der Waals surface area contributed by atoms with Gasteiger partial charge in [-0.05, 0) is 19.4 Å². The molecule has 0 radical (unpaired) electrons. The summed E-state index contributed by atoms with van der Waals surface area (Å²) in [5.74, 6) is 0. The average molecular weight is 270 g/mol. The van der Waals surface area contributed by atoms with Crippen molar-refractivity contribution in [2.75, 3.05) is 45.9 Å². The van der Waals surface area contributed by atoms with Crippen LogP contribution in [0.4, 0.5) is 0 Å². The third-order valence-electron chi connectivity index (χ3n) is 4.46. The quantitative estimate of drug-likeness (QED) is 0.790. The van der Waals surface area contributed by atoms with Crippen LogP contribution in [0.2, 0.25) is 0 Å². The van der Waals surface area contributed by atoms with Gasteiger partial charge in [0.25, 0.3) is 0 Å². The summed E-state index contributed by atoms with van der Waals surface area (Å²) < 4.78 is 5.84. The van der Waals surface area contributed by atoms with Crippen molar-refractivity contribution in [1.82, 2.24) is 9.80 Å². The highest BCUT2D eigenvalue weighted by atomic mass is 16.5. The molecular formula is C15H30N2O2. The first-order valence-corrected chi connectivity index (χ1v) is 8.02. The highest BCUT2D eigenvalue weighted by Crippen LogP contribution is 2.20. The Balaban J connectivity index is 1.57. The summed E-state index contributed by atoms with van der Waals surface area (Å²) in [5.41, 5.74) is 0. The summed E-state index contributed by atoms with van der Waals surface area (Å²) in [4.78, 5) is 4.82. The van der Waals surface area contributed by atoms with Gasteiger partial charge in [0.05, 0.1) is 18.8 Å². The van der Waals surface area contributed by atoms with Gasteiger partial charge in [0.1, 0.15) is 0 Å². The number of hydrogen-bond donors (Lipinski definition) is 1. The van der Waals surface area contributed by atoms with E-state index in [2.05, 4.69) is 16.7 Å². The number of nitrogens with zero attached hydrogens (tertiary/aromatic N) is 2. The Morgan fingerprint density at radius 1 is 1.05 bits per heavy atom. The van der Waals surface area contributed by atoms with Crippen LogP contribution in [-0.4, -0.2) is 73.0 Å². The number of aliphatic hydroxyl groups is 1. The lowest BCUT2D eigenvalue weighted by molar-refractivity contribution is -0.0368. The van der Waals surface area contributed by atoms with Gasteiger partial charge in [-0.25, -0.2) is 0 Å². The van der Waals surface area contributed by atoms with Crippen molar-refractivity contribution < 1.29 is 9.84 Å². The third kappa shape index (κ3) is 5.38. The zero-order valence-corrected chi connectivity index (χ0v) is 12.4. The van der Waals surface area contributed by atoms with E-state index in [0.29, 0.717) is 12.7 Å². The predicted octanol–water partition coefficient (Wildman–Crippen LogP) is 1.33. The first-order chi connectivity index (χ1) is 9.28. The van der Waals surface area contributed by atoms with Crippen LogP contribution in [0, 0.1) is 0 Å². The van der Waals surface area contributed by atoms with Crippen molar-refractivity contribution in [3.8, 4) is 0 Å². The van der Waals surface area contributed by atoms with Crippen LogP contribution in [0.3, 0.4) is 0 Å². The number of ether oxygens (including phenoxy) is 1. The van der Waals surface area contributed by atoms with Crippen LogP contribution < -0.4 is 0 Å². The molecule has 2 rings (SSSR count). The molecule has 0 aromatic heterocycles. The molecule has 1 saturated carbocycles. The van der Waals surface area contributed by atoms with Gasteiger partial charge in [0.2, 0.25) is 0 Å². The molecule has 2 fully saturated rings. The molecule has 1 aliphatic carbocycles. The molecule has 19 heavy (non-hydrogen) atoms. The van der Waals surface area contributed by atoms with Gasteiger partial charge in [-0.2, -0.15) is 0 Å². The number of rotatable bonds is 6. The maximum absolute atomic E-state index is 10.1. The van der Waals surface area contributed by atoms with E-state index in [9.17, 15) is 5.11 Å². The molecule has 0 aromatic carbocycles. The lowest BCUT2D eigenvalue weighted by Crippen LogP contribution is -2.49. The number of β-amino-alcohol motifs (C(OH)–C–C–N with tert-alkyl or cyclic N) is 1. The Bertz CT molecular complexity index is 236. The summed E-state index contributed by atoms with van der Waals surface area (Å²) >= 11 is 0. The van der Waals surface area contributed by atoms with Gasteiger partial charge in [0.15, 0.2) is 0 Å². The monoisotopic (exact) mass is 270 g/mol. The van der Waals surface area contributed by atoms with Crippen LogP contribution in [0.25, 0.3) is 0 Å². The molecule has 1 unspecified atom stereocenters. The molecule has 1 aliphatic heterocycles. The fourth-order valence-electron chi connectivity index (χ4n) is 3.12. The maximum Gasteiger partial charge on any atom is 0.0900 e. The molecule has 4 nitrogen and oxygen atoms in total. The molecule has 1 N–H and O–H groups in total. The van der Waals surface area contributed by atoms with Crippen LogP contribution in [0.1, 0.15) is 39.0 Å². The molecule has 0 amide bonds. The Labute approximate surface area is 117 Å². The molecule has 0 spiro atoms. The second-order valence-electron chi connectivity index (χ2n) is 5.98. The van der Waals surface area contributed by atoms with Crippen molar-refractivity contribution in [3.05, 3.63) is 0 Å². The van der Waals surface area contributed by atoms with E-state index in [0.717, 1.165) is 39.3 Å². The SMILES string of the molecule is CCN1CCN(CC(O)COC2CCCCC2)CC1. The van der Waals surface area contributed by atoms with Gasteiger partial charge in [-0.1, -0.05) is 26.2 Å². The lowest BCUT2D eigenvalue weighted by atomic mass is 9.98. The number of aliphatic hydroxyl groups excluding tert-OH is 1. The largest absolute Gasteiger partial charge is 0.389 e. The molecule has 1 atom stereocenters. The number of hydrogen-bond acceptors (Lipinski definition) is 4. The molecular weight excluding hydrogens is 240 g/mol. The highest BCUT2D eigenvalue weighted by molar-refractivity contribution is 4.74. The summed E-state index contributed by atoms with van der Waals surface area (Å²) in [6.45, 7) is 9.05. The lowest BCUT2D eigenvalue weighted by Gasteiger charge is -2.35. The van der Waals surface area contributed by atoms with E-state index >= 15 is 0 Å². The zero-order valence-electron chi connectivity index (χ0n) is 12.4. The molecule has 112 valence electrons. The van der Waals surface area contributed by atoms with E-state index < -0.39 is 0 Å². The maximum atomic E-state index is 10.1. The van der Waals surface area contributed by atoms with Crippen LogP contribution >= 0.6 is 0 Å². The van der Waals surface area contributed by atoms with Crippen LogP contribution in [0.5, 0.6) is 0 Å². The van der Waals surface area contributed by atoms with E-state index in [4.69, 9.17) is 4.74 Å². The van der Waals surface area contributed by atoms with Crippen molar-refractivity contribution in [2.45, 2.75) is 51.2 Å². The van der Waals surface area contributed by atoms with Gasteiger partial charge in [-0.15, -0.1) is 0 Å². The first-order valence-electron chi connectivity index (χ1n) is 8.02. The van der Waals surface area contributed by atoms with Crippen molar-refractivity contribution in [3.63, 3.8) is 0 Å². The second-order valence-corrected chi connectivity index (χ2v) is 5.98. The summed E-state index contributed by atoms with van der Waals surface area (Å²) in [7, 11) is 0. The minimum atomic E-state index is -0.324. The second kappa shape index (κ2) is 8.20. The predicted molar refractivity (Wildman–Crippen MR) is 77.4 cm³/mol. The summed E-state index contributed by atoms with van der Waals surface area (Å²) in [6.07, 6.45) is 6.38. The molecule has 1 saturated heterocycles. The topological polar surface area (TPSA) is 35.9 Å². The van der Waals surface area contributed by atoms with E-state index in [-0.39, 0.29) is 6.10 Å². The van der Waals surface area contributed by atoms with Gasteiger partial charge < -0.3 is 14.7 Å². The Hall–Kier alpha value is -0.160. The van der Waals surface area contributed by atoms with Gasteiger partial charge >= 0.3 is 0 Å². The molecule has 0 bridgehead atoms. The Kier molecular flexibility index (Phi) is 6.57. The number of piperazine rings is 1. The zero-order chi connectivity index (χ0) is 13.5. The smallest absolute Gasteiger partial charge is 0.0900 e. The van der Waals surface area contributed by atoms with Gasteiger partial charge in [-0.3, -0.25) is 4.90 Å². The average Bonchev–Trinajstić information content (AvgIpc) is 2.47.